The Morgan fingerprint density at radius 1 is 1.10 bits per heavy atom. The van der Waals surface area contributed by atoms with E-state index in [0.717, 1.165) is 54.7 Å². The van der Waals surface area contributed by atoms with Gasteiger partial charge in [-0.25, -0.2) is 0 Å². The molecular weight excluding hydrogens is 376 g/mol. The summed E-state index contributed by atoms with van der Waals surface area (Å²) in [6.45, 7) is 5.35. The Kier molecular flexibility index (Phi) is 5.05. The van der Waals surface area contributed by atoms with Gasteiger partial charge in [-0.1, -0.05) is 36.4 Å². The molecule has 1 spiro atoms. The number of benzene rings is 2. The summed E-state index contributed by atoms with van der Waals surface area (Å²) in [6.07, 6.45) is 3.48. The summed E-state index contributed by atoms with van der Waals surface area (Å²) in [5.74, 6) is 0.817. The maximum absolute atomic E-state index is 11.0. The van der Waals surface area contributed by atoms with Crippen molar-refractivity contribution in [1.29, 1.82) is 0 Å². The number of hydrogen-bond acceptors (Lipinski definition) is 4. The van der Waals surface area contributed by atoms with Crippen LogP contribution in [-0.2, 0) is 6.54 Å². The molecule has 5 nitrogen and oxygen atoms in total. The molecule has 5 rings (SSSR count). The zero-order chi connectivity index (χ0) is 20.7. The Balaban J connectivity index is 1.27. The number of β-amino-alcohol motifs (C(OH)–C–C–N with tert-alkyl or cyclic N) is 1. The van der Waals surface area contributed by atoms with E-state index in [2.05, 4.69) is 34.7 Å². The fraction of sp³-hybridized carbons (Fsp3) is 0.440. The molecule has 2 atom stereocenters. The summed E-state index contributed by atoms with van der Waals surface area (Å²) in [5, 5.41) is 22.8. The highest BCUT2D eigenvalue weighted by Gasteiger charge is 2.43. The number of aliphatic hydroxyl groups is 2. The second-order valence-electron chi connectivity index (χ2n) is 8.75. The molecule has 0 unspecified atom stereocenters. The second kappa shape index (κ2) is 7.73. The summed E-state index contributed by atoms with van der Waals surface area (Å²) in [7, 11) is 0. The normalized spacial score (nSPS) is 22.0. The molecular formula is C25H30N2O3. The zero-order valence-corrected chi connectivity index (χ0v) is 17.5. The van der Waals surface area contributed by atoms with E-state index in [1.165, 1.54) is 5.52 Å². The third kappa shape index (κ3) is 3.41. The molecule has 0 amide bonds. The molecule has 1 aromatic heterocycles. The molecule has 30 heavy (non-hydrogen) atoms. The van der Waals surface area contributed by atoms with E-state index in [4.69, 9.17) is 4.74 Å². The largest absolute Gasteiger partial charge is 0.487 e. The standard InChI is InChI=1S/C25H30N2O3/c1-2-27-16-20(18-7-3-5-9-21(18)27)23(29)17-26-13-11-25(12-14-26)15-22(28)19-8-4-6-10-24(19)30-25/h3-10,16,22-23,28-29H,2,11-15,17H2,1H3/t22-,23+/m1/s1. The van der Waals surface area contributed by atoms with Crippen molar-refractivity contribution in [2.75, 3.05) is 19.6 Å². The van der Waals surface area contributed by atoms with Crippen molar-refractivity contribution < 1.29 is 14.9 Å². The van der Waals surface area contributed by atoms with Gasteiger partial charge < -0.3 is 24.4 Å². The molecule has 1 fully saturated rings. The quantitative estimate of drug-likeness (QED) is 0.686. The molecule has 2 N–H and O–H groups in total. The van der Waals surface area contributed by atoms with Crippen molar-refractivity contribution in [3.8, 4) is 5.75 Å². The lowest BCUT2D eigenvalue weighted by atomic mass is 9.81. The third-order valence-electron chi connectivity index (χ3n) is 6.89. The highest BCUT2D eigenvalue weighted by atomic mass is 16.5. The van der Waals surface area contributed by atoms with E-state index in [9.17, 15) is 10.2 Å². The predicted molar refractivity (Wildman–Crippen MR) is 118 cm³/mol. The van der Waals surface area contributed by atoms with Crippen LogP contribution in [-0.4, -0.2) is 44.9 Å². The number of aliphatic hydroxyl groups excluding tert-OH is 2. The number of piperidine rings is 1. The molecule has 0 aliphatic carbocycles. The molecule has 2 aromatic carbocycles. The SMILES string of the molecule is CCn1cc([C@@H](O)CN2CCC3(CC2)C[C@@H](O)c2ccccc2O3)c2ccccc21. The van der Waals surface area contributed by atoms with Crippen molar-refractivity contribution in [2.45, 2.75) is 50.5 Å². The lowest BCUT2D eigenvalue weighted by molar-refractivity contribution is -0.0587. The van der Waals surface area contributed by atoms with E-state index in [0.29, 0.717) is 13.0 Å². The summed E-state index contributed by atoms with van der Waals surface area (Å²) in [4.78, 5) is 2.32. The van der Waals surface area contributed by atoms with E-state index >= 15 is 0 Å². The van der Waals surface area contributed by atoms with Gasteiger partial charge in [0.05, 0.1) is 12.2 Å². The number of para-hydroxylation sites is 2. The van der Waals surface area contributed by atoms with E-state index in [-0.39, 0.29) is 5.60 Å². The number of rotatable bonds is 4. The maximum atomic E-state index is 11.0. The summed E-state index contributed by atoms with van der Waals surface area (Å²) < 4.78 is 8.59. The molecule has 3 aromatic rings. The maximum Gasteiger partial charge on any atom is 0.125 e. The summed E-state index contributed by atoms with van der Waals surface area (Å²) in [6, 6.07) is 16.1. The van der Waals surface area contributed by atoms with Crippen LogP contribution in [0.3, 0.4) is 0 Å². The minimum atomic E-state index is -0.518. The van der Waals surface area contributed by atoms with Crippen molar-refractivity contribution >= 4 is 10.9 Å². The van der Waals surface area contributed by atoms with Crippen molar-refractivity contribution in [1.82, 2.24) is 9.47 Å². The molecule has 0 bridgehead atoms. The first-order valence-corrected chi connectivity index (χ1v) is 11.0. The highest BCUT2D eigenvalue weighted by Crippen LogP contribution is 2.44. The third-order valence-corrected chi connectivity index (χ3v) is 6.89. The van der Waals surface area contributed by atoms with Crippen LogP contribution in [0.4, 0.5) is 0 Å². The van der Waals surface area contributed by atoms with Gasteiger partial charge in [0.2, 0.25) is 0 Å². The molecule has 2 aliphatic rings. The lowest BCUT2D eigenvalue weighted by Crippen LogP contribution is -2.51. The molecule has 1 saturated heterocycles. The first kappa shape index (κ1) is 19.6. The number of ether oxygens (including phenoxy) is 1. The number of aromatic nitrogens is 1. The van der Waals surface area contributed by atoms with Crippen LogP contribution in [0.5, 0.6) is 5.75 Å². The van der Waals surface area contributed by atoms with Crippen LogP contribution >= 0.6 is 0 Å². The van der Waals surface area contributed by atoms with Crippen LogP contribution < -0.4 is 4.74 Å². The summed E-state index contributed by atoms with van der Waals surface area (Å²) >= 11 is 0. The van der Waals surface area contributed by atoms with E-state index in [1.54, 1.807) is 0 Å². The Bertz CT molecular complexity index is 1040. The van der Waals surface area contributed by atoms with Gasteiger partial charge in [0, 0.05) is 60.8 Å². The second-order valence-corrected chi connectivity index (χ2v) is 8.75. The fourth-order valence-corrected chi connectivity index (χ4v) is 5.18. The van der Waals surface area contributed by atoms with Crippen molar-refractivity contribution in [2.24, 2.45) is 0 Å². The van der Waals surface area contributed by atoms with Crippen molar-refractivity contribution in [3.05, 3.63) is 65.9 Å². The molecule has 5 heteroatoms. The number of fused-ring (bicyclic) bond motifs is 2. The van der Waals surface area contributed by atoms with E-state index < -0.39 is 12.2 Å². The van der Waals surface area contributed by atoms with Crippen molar-refractivity contribution in [3.63, 3.8) is 0 Å². The number of likely N-dealkylation sites (tertiary alicyclic amines) is 1. The average molecular weight is 407 g/mol. The van der Waals surface area contributed by atoms with Gasteiger partial charge in [0.15, 0.2) is 0 Å². The highest BCUT2D eigenvalue weighted by molar-refractivity contribution is 5.84. The van der Waals surface area contributed by atoms with Gasteiger partial charge in [0.25, 0.3) is 0 Å². The van der Waals surface area contributed by atoms with Gasteiger partial charge in [0.1, 0.15) is 11.4 Å². The van der Waals surface area contributed by atoms with Crippen LogP contribution in [0.25, 0.3) is 10.9 Å². The molecule has 158 valence electrons. The smallest absolute Gasteiger partial charge is 0.125 e. The minimum absolute atomic E-state index is 0.298. The minimum Gasteiger partial charge on any atom is -0.487 e. The lowest BCUT2D eigenvalue weighted by Gasteiger charge is -2.46. The van der Waals surface area contributed by atoms with Crippen LogP contribution in [0, 0.1) is 0 Å². The fourth-order valence-electron chi connectivity index (χ4n) is 5.18. The van der Waals surface area contributed by atoms with Crippen LogP contribution in [0.15, 0.2) is 54.7 Å². The van der Waals surface area contributed by atoms with Gasteiger partial charge in [-0.2, -0.15) is 0 Å². The van der Waals surface area contributed by atoms with E-state index in [1.807, 2.05) is 36.4 Å². The number of hydrogen-bond donors (Lipinski definition) is 2. The molecule has 0 saturated carbocycles. The average Bonchev–Trinajstić information content (AvgIpc) is 3.15. The molecule has 2 aliphatic heterocycles. The van der Waals surface area contributed by atoms with Crippen LogP contribution in [0.1, 0.15) is 49.5 Å². The van der Waals surface area contributed by atoms with Gasteiger partial charge >= 0.3 is 0 Å². The number of aryl methyl sites for hydroxylation is 1. The Morgan fingerprint density at radius 2 is 1.83 bits per heavy atom. The van der Waals surface area contributed by atoms with Gasteiger partial charge in [-0.3, -0.25) is 0 Å². The van der Waals surface area contributed by atoms with Gasteiger partial charge in [-0.15, -0.1) is 0 Å². The summed E-state index contributed by atoms with van der Waals surface area (Å²) in [5.41, 5.74) is 2.78. The zero-order valence-electron chi connectivity index (χ0n) is 17.5. The predicted octanol–water partition coefficient (Wildman–Crippen LogP) is 4.05. The Labute approximate surface area is 177 Å². The monoisotopic (exact) mass is 406 g/mol. The molecule has 3 heterocycles. The Morgan fingerprint density at radius 3 is 2.63 bits per heavy atom. The number of nitrogens with zero attached hydrogens (tertiary/aromatic N) is 2. The van der Waals surface area contributed by atoms with Crippen LogP contribution in [0.2, 0.25) is 0 Å². The topological polar surface area (TPSA) is 57.9 Å². The first-order chi connectivity index (χ1) is 14.6. The first-order valence-electron chi connectivity index (χ1n) is 11.0. The Hall–Kier alpha value is -2.34. The molecule has 0 radical (unpaired) electrons. The van der Waals surface area contributed by atoms with Gasteiger partial charge in [-0.05, 0) is 31.9 Å².